The van der Waals surface area contributed by atoms with E-state index in [1.54, 1.807) is 14.2 Å². The average molecular weight is 296 g/mol. The SMILES string of the molecule is COCC(CNc1nc(N)nc(N2CCCCC2)n1)OC. The van der Waals surface area contributed by atoms with Gasteiger partial charge < -0.3 is 25.4 Å². The van der Waals surface area contributed by atoms with Crippen LogP contribution in [0, 0.1) is 0 Å². The number of nitrogens with zero attached hydrogens (tertiary/aromatic N) is 4. The average Bonchev–Trinajstić information content (AvgIpc) is 2.52. The lowest BCUT2D eigenvalue weighted by atomic mass is 10.1. The van der Waals surface area contributed by atoms with Gasteiger partial charge in [0, 0.05) is 33.9 Å². The maximum absolute atomic E-state index is 5.78. The lowest BCUT2D eigenvalue weighted by Crippen LogP contribution is -2.32. The quantitative estimate of drug-likeness (QED) is 0.751. The van der Waals surface area contributed by atoms with Gasteiger partial charge in [-0.15, -0.1) is 0 Å². The zero-order valence-corrected chi connectivity index (χ0v) is 12.7. The first-order chi connectivity index (χ1) is 10.2. The molecule has 2 heterocycles. The third kappa shape index (κ3) is 4.68. The zero-order valence-electron chi connectivity index (χ0n) is 12.7. The molecule has 1 aliphatic rings. The van der Waals surface area contributed by atoms with Crippen molar-refractivity contribution in [3.8, 4) is 0 Å². The van der Waals surface area contributed by atoms with Crippen molar-refractivity contribution in [2.75, 3.05) is 56.4 Å². The van der Waals surface area contributed by atoms with Crippen LogP contribution in [0.25, 0.3) is 0 Å². The van der Waals surface area contributed by atoms with Crippen LogP contribution in [0.5, 0.6) is 0 Å². The van der Waals surface area contributed by atoms with Crippen molar-refractivity contribution in [3.05, 3.63) is 0 Å². The van der Waals surface area contributed by atoms with Crippen molar-refractivity contribution in [3.63, 3.8) is 0 Å². The topological polar surface area (TPSA) is 98.4 Å². The molecule has 8 heteroatoms. The van der Waals surface area contributed by atoms with E-state index in [1.807, 2.05) is 0 Å². The molecule has 1 saturated heterocycles. The van der Waals surface area contributed by atoms with Crippen LogP contribution in [0.3, 0.4) is 0 Å². The van der Waals surface area contributed by atoms with E-state index in [-0.39, 0.29) is 12.1 Å². The molecule has 0 saturated carbocycles. The first kappa shape index (κ1) is 15.7. The second-order valence-electron chi connectivity index (χ2n) is 5.06. The second kappa shape index (κ2) is 7.94. The molecule has 3 N–H and O–H groups in total. The molecular formula is C13H24N6O2. The molecule has 1 atom stereocenters. The van der Waals surface area contributed by atoms with Gasteiger partial charge in [-0.05, 0) is 19.3 Å². The maximum Gasteiger partial charge on any atom is 0.231 e. The first-order valence-electron chi connectivity index (χ1n) is 7.25. The number of hydrogen-bond donors (Lipinski definition) is 2. The van der Waals surface area contributed by atoms with Crippen LogP contribution >= 0.6 is 0 Å². The molecule has 118 valence electrons. The fraction of sp³-hybridized carbons (Fsp3) is 0.769. The zero-order chi connectivity index (χ0) is 15.1. The summed E-state index contributed by atoms with van der Waals surface area (Å²) in [5.74, 6) is 1.35. The van der Waals surface area contributed by atoms with E-state index in [2.05, 4.69) is 25.2 Å². The molecule has 1 unspecified atom stereocenters. The molecule has 1 aromatic rings. The standard InChI is InChI=1S/C13H24N6O2/c1-20-9-10(21-2)8-15-12-16-11(14)17-13(18-12)19-6-4-3-5-7-19/h10H,3-9H2,1-2H3,(H3,14,15,16,17,18). The minimum absolute atomic E-state index is 0.0635. The van der Waals surface area contributed by atoms with E-state index in [4.69, 9.17) is 15.2 Å². The highest BCUT2D eigenvalue weighted by Gasteiger charge is 2.16. The molecule has 0 amide bonds. The number of methoxy groups -OCH3 is 2. The lowest BCUT2D eigenvalue weighted by molar-refractivity contribution is 0.0365. The van der Waals surface area contributed by atoms with Gasteiger partial charge in [-0.3, -0.25) is 0 Å². The Labute approximate surface area is 125 Å². The molecule has 0 spiro atoms. The molecule has 0 aliphatic carbocycles. The van der Waals surface area contributed by atoms with Crippen LogP contribution in [0.2, 0.25) is 0 Å². The highest BCUT2D eigenvalue weighted by Crippen LogP contribution is 2.17. The van der Waals surface area contributed by atoms with Gasteiger partial charge in [-0.1, -0.05) is 0 Å². The van der Waals surface area contributed by atoms with Crippen LogP contribution in [0.15, 0.2) is 0 Å². The van der Waals surface area contributed by atoms with E-state index in [9.17, 15) is 0 Å². The summed E-state index contributed by atoms with van der Waals surface area (Å²) in [7, 11) is 3.29. The minimum Gasteiger partial charge on any atom is -0.382 e. The Hall–Kier alpha value is -1.67. The summed E-state index contributed by atoms with van der Waals surface area (Å²) < 4.78 is 10.4. The summed E-state index contributed by atoms with van der Waals surface area (Å²) in [6.07, 6.45) is 3.52. The Morgan fingerprint density at radius 1 is 1.19 bits per heavy atom. The van der Waals surface area contributed by atoms with E-state index < -0.39 is 0 Å². The third-order valence-electron chi connectivity index (χ3n) is 3.45. The van der Waals surface area contributed by atoms with Crippen molar-refractivity contribution < 1.29 is 9.47 Å². The predicted molar refractivity (Wildman–Crippen MR) is 81.5 cm³/mol. The minimum atomic E-state index is -0.0635. The van der Waals surface area contributed by atoms with Crippen molar-refractivity contribution in [1.82, 2.24) is 15.0 Å². The molecule has 0 aromatic carbocycles. The van der Waals surface area contributed by atoms with Gasteiger partial charge in [0.2, 0.25) is 17.8 Å². The Kier molecular flexibility index (Phi) is 5.94. The number of piperidine rings is 1. The summed E-state index contributed by atoms with van der Waals surface area (Å²) >= 11 is 0. The molecule has 0 bridgehead atoms. The number of nitrogens with one attached hydrogen (secondary N) is 1. The Balaban J connectivity index is 2.00. The molecule has 8 nitrogen and oxygen atoms in total. The number of nitrogens with two attached hydrogens (primary N) is 1. The smallest absolute Gasteiger partial charge is 0.231 e. The molecular weight excluding hydrogens is 272 g/mol. The largest absolute Gasteiger partial charge is 0.382 e. The first-order valence-corrected chi connectivity index (χ1v) is 7.25. The van der Waals surface area contributed by atoms with Gasteiger partial charge in [-0.2, -0.15) is 15.0 Å². The summed E-state index contributed by atoms with van der Waals surface area (Å²) in [6.45, 7) is 2.98. The highest BCUT2D eigenvalue weighted by atomic mass is 16.5. The van der Waals surface area contributed by atoms with E-state index in [0.717, 1.165) is 25.9 Å². The van der Waals surface area contributed by atoms with Gasteiger partial charge in [0.05, 0.1) is 12.7 Å². The Morgan fingerprint density at radius 2 is 1.95 bits per heavy atom. The summed E-state index contributed by atoms with van der Waals surface area (Å²) in [4.78, 5) is 14.9. The van der Waals surface area contributed by atoms with Gasteiger partial charge in [0.15, 0.2) is 0 Å². The normalized spacial score (nSPS) is 16.8. The van der Waals surface area contributed by atoms with E-state index in [0.29, 0.717) is 25.0 Å². The van der Waals surface area contributed by atoms with Crippen LogP contribution in [0.4, 0.5) is 17.8 Å². The van der Waals surface area contributed by atoms with Crippen LogP contribution in [-0.4, -0.2) is 61.5 Å². The highest BCUT2D eigenvalue weighted by molar-refractivity contribution is 5.42. The molecule has 0 radical (unpaired) electrons. The molecule has 1 aliphatic heterocycles. The molecule has 1 aromatic heterocycles. The van der Waals surface area contributed by atoms with E-state index >= 15 is 0 Å². The fourth-order valence-corrected chi connectivity index (χ4v) is 2.30. The number of aromatic nitrogens is 3. The number of nitrogen functional groups attached to an aromatic ring is 1. The van der Waals surface area contributed by atoms with E-state index in [1.165, 1.54) is 6.42 Å². The monoisotopic (exact) mass is 296 g/mol. The van der Waals surface area contributed by atoms with Crippen LogP contribution in [-0.2, 0) is 9.47 Å². The fourth-order valence-electron chi connectivity index (χ4n) is 2.30. The molecule has 21 heavy (non-hydrogen) atoms. The lowest BCUT2D eigenvalue weighted by Gasteiger charge is -2.26. The maximum atomic E-state index is 5.78. The van der Waals surface area contributed by atoms with Crippen LogP contribution < -0.4 is 16.0 Å². The van der Waals surface area contributed by atoms with Gasteiger partial charge in [0.25, 0.3) is 0 Å². The number of hydrogen-bond acceptors (Lipinski definition) is 8. The second-order valence-corrected chi connectivity index (χ2v) is 5.06. The van der Waals surface area contributed by atoms with Gasteiger partial charge in [-0.25, -0.2) is 0 Å². The number of ether oxygens (including phenoxy) is 2. The molecule has 2 rings (SSSR count). The Morgan fingerprint density at radius 3 is 2.62 bits per heavy atom. The van der Waals surface area contributed by atoms with Gasteiger partial charge >= 0.3 is 0 Å². The van der Waals surface area contributed by atoms with Crippen LogP contribution in [0.1, 0.15) is 19.3 Å². The predicted octanol–water partition coefficient (Wildman–Crippen LogP) is 0.517. The van der Waals surface area contributed by atoms with Crippen molar-refractivity contribution >= 4 is 17.8 Å². The number of rotatable bonds is 7. The molecule has 1 fully saturated rings. The van der Waals surface area contributed by atoms with Crippen molar-refractivity contribution in [2.24, 2.45) is 0 Å². The number of anilines is 3. The summed E-state index contributed by atoms with van der Waals surface area (Å²) in [5.41, 5.74) is 5.78. The van der Waals surface area contributed by atoms with Gasteiger partial charge in [0.1, 0.15) is 0 Å². The third-order valence-corrected chi connectivity index (χ3v) is 3.45. The van der Waals surface area contributed by atoms with Crippen molar-refractivity contribution in [2.45, 2.75) is 25.4 Å². The summed E-state index contributed by atoms with van der Waals surface area (Å²) in [6, 6.07) is 0. The summed E-state index contributed by atoms with van der Waals surface area (Å²) in [5, 5.41) is 3.13. The Bertz CT molecular complexity index is 439. The van der Waals surface area contributed by atoms with Crippen molar-refractivity contribution in [1.29, 1.82) is 0 Å².